The maximum Gasteiger partial charge on any atom is 0.232 e. The summed E-state index contributed by atoms with van der Waals surface area (Å²) in [5.74, 6) is -2.03. The first-order chi connectivity index (χ1) is 8.70. The van der Waals surface area contributed by atoms with E-state index in [9.17, 15) is 19.5 Å². The molecule has 2 atom stereocenters. The minimum Gasteiger partial charge on any atom is -0.394 e. The SMILES string of the molecule is CC(C)CC(=O)N[C@H](CO)C(=O)C(C(=O)Cl)C(C)C. The highest BCUT2D eigenvalue weighted by atomic mass is 35.5. The fourth-order valence-corrected chi connectivity index (χ4v) is 2.11. The zero-order valence-electron chi connectivity index (χ0n) is 11.8. The van der Waals surface area contributed by atoms with Crippen LogP contribution in [-0.4, -0.2) is 34.7 Å². The van der Waals surface area contributed by atoms with Gasteiger partial charge in [-0.1, -0.05) is 27.7 Å². The van der Waals surface area contributed by atoms with Gasteiger partial charge in [0.2, 0.25) is 11.1 Å². The third-order valence-electron chi connectivity index (χ3n) is 2.67. The fraction of sp³-hybridized carbons (Fsp3) is 0.769. The Labute approximate surface area is 118 Å². The Morgan fingerprint density at radius 3 is 2.00 bits per heavy atom. The molecule has 0 radical (unpaired) electrons. The lowest BCUT2D eigenvalue weighted by atomic mass is 9.89. The number of amides is 1. The molecule has 5 nitrogen and oxygen atoms in total. The van der Waals surface area contributed by atoms with Gasteiger partial charge in [-0.15, -0.1) is 0 Å². The second-order valence-electron chi connectivity index (χ2n) is 5.33. The van der Waals surface area contributed by atoms with Crippen LogP contribution in [0.25, 0.3) is 0 Å². The van der Waals surface area contributed by atoms with E-state index < -0.39 is 29.6 Å². The van der Waals surface area contributed by atoms with Crippen LogP contribution in [0.1, 0.15) is 34.1 Å². The summed E-state index contributed by atoms with van der Waals surface area (Å²) in [6, 6.07) is -1.08. The Bertz CT molecular complexity index is 342. The van der Waals surface area contributed by atoms with Gasteiger partial charge in [0.1, 0.15) is 6.04 Å². The number of carbonyl (C=O) groups excluding carboxylic acids is 3. The minimum atomic E-state index is -1.08. The first-order valence-corrected chi connectivity index (χ1v) is 6.71. The first-order valence-electron chi connectivity index (χ1n) is 6.34. The Morgan fingerprint density at radius 2 is 1.68 bits per heavy atom. The van der Waals surface area contributed by atoms with Crippen molar-refractivity contribution in [2.75, 3.05) is 6.61 Å². The van der Waals surface area contributed by atoms with Crippen molar-refractivity contribution in [1.82, 2.24) is 5.32 Å². The van der Waals surface area contributed by atoms with E-state index in [0.29, 0.717) is 0 Å². The second-order valence-corrected chi connectivity index (χ2v) is 5.70. The number of nitrogens with one attached hydrogen (secondary N) is 1. The molecule has 1 unspecified atom stereocenters. The van der Waals surface area contributed by atoms with Crippen LogP contribution in [0.5, 0.6) is 0 Å². The second kappa shape index (κ2) is 8.27. The molecule has 110 valence electrons. The molecule has 0 aromatic rings. The molecule has 0 fully saturated rings. The van der Waals surface area contributed by atoms with E-state index in [2.05, 4.69) is 5.32 Å². The normalized spacial score (nSPS) is 14.3. The number of rotatable bonds is 8. The van der Waals surface area contributed by atoms with Gasteiger partial charge < -0.3 is 10.4 Å². The molecule has 0 aliphatic carbocycles. The zero-order valence-corrected chi connectivity index (χ0v) is 12.5. The largest absolute Gasteiger partial charge is 0.394 e. The van der Waals surface area contributed by atoms with E-state index in [1.807, 2.05) is 13.8 Å². The summed E-state index contributed by atoms with van der Waals surface area (Å²) in [7, 11) is 0. The van der Waals surface area contributed by atoms with Crippen LogP contribution >= 0.6 is 11.6 Å². The fourth-order valence-electron chi connectivity index (χ4n) is 1.75. The third kappa shape index (κ3) is 6.16. The summed E-state index contributed by atoms with van der Waals surface area (Å²) in [6.07, 6.45) is 0.255. The quantitative estimate of drug-likeness (QED) is 0.518. The zero-order chi connectivity index (χ0) is 15.2. The summed E-state index contributed by atoms with van der Waals surface area (Å²) >= 11 is 5.40. The Morgan fingerprint density at radius 1 is 1.16 bits per heavy atom. The van der Waals surface area contributed by atoms with Crippen LogP contribution in [0.3, 0.4) is 0 Å². The van der Waals surface area contributed by atoms with E-state index in [-0.39, 0.29) is 24.2 Å². The molecule has 6 heteroatoms. The summed E-state index contributed by atoms with van der Waals surface area (Å²) in [5, 5.41) is 10.9. The van der Waals surface area contributed by atoms with Crippen molar-refractivity contribution < 1.29 is 19.5 Å². The van der Waals surface area contributed by atoms with Gasteiger partial charge in [-0.25, -0.2) is 0 Å². The van der Waals surface area contributed by atoms with Crippen molar-refractivity contribution in [3.63, 3.8) is 0 Å². The van der Waals surface area contributed by atoms with Crippen LogP contribution in [0.4, 0.5) is 0 Å². The highest BCUT2D eigenvalue weighted by Crippen LogP contribution is 2.17. The van der Waals surface area contributed by atoms with E-state index in [1.165, 1.54) is 0 Å². The molecular weight excluding hydrogens is 270 g/mol. The molecule has 1 amide bonds. The van der Waals surface area contributed by atoms with Crippen molar-refractivity contribution >= 4 is 28.5 Å². The van der Waals surface area contributed by atoms with Gasteiger partial charge in [0.15, 0.2) is 5.78 Å². The van der Waals surface area contributed by atoms with Crippen LogP contribution in [0.15, 0.2) is 0 Å². The monoisotopic (exact) mass is 291 g/mol. The van der Waals surface area contributed by atoms with Crippen molar-refractivity contribution in [3.8, 4) is 0 Å². The highest BCUT2D eigenvalue weighted by molar-refractivity contribution is 6.65. The summed E-state index contributed by atoms with van der Waals surface area (Å²) in [6.45, 7) is 6.57. The maximum atomic E-state index is 12.1. The Hall–Kier alpha value is -0.940. The number of Topliss-reactive ketones (excluding diaryl/α,β-unsaturated/α-hetero) is 1. The molecule has 0 rings (SSSR count). The lowest BCUT2D eigenvalue weighted by Crippen LogP contribution is -2.48. The number of carbonyl (C=O) groups is 3. The molecule has 19 heavy (non-hydrogen) atoms. The van der Waals surface area contributed by atoms with Crippen molar-refractivity contribution in [2.45, 2.75) is 40.2 Å². The van der Waals surface area contributed by atoms with Gasteiger partial charge in [-0.05, 0) is 23.4 Å². The molecule has 0 aliphatic rings. The third-order valence-corrected chi connectivity index (χ3v) is 2.91. The summed E-state index contributed by atoms with van der Waals surface area (Å²) < 4.78 is 0. The van der Waals surface area contributed by atoms with Gasteiger partial charge in [-0.3, -0.25) is 14.4 Å². The topological polar surface area (TPSA) is 83.5 Å². The molecule has 0 aliphatic heterocycles. The van der Waals surface area contributed by atoms with E-state index >= 15 is 0 Å². The molecule has 0 saturated carbocycles. The average molecular weight is 292 g/mol. The van der Waals surface area contributed by atoms with Crippen LogP contribution in [0, 0.1) is 17.8 Å². The Kier molecular flexibility index (Phi) is 7.87. The molecule has 0 saturated heterocycles. The number of aliphatic hydroxyl groups is 1. The highest BCUT2D eigenvalue weighted by Gasteiger charge is 2.34. The van der Waals surface area contributed by atoms with E-state index in [4.69, 9.17) is 11.6 Å². The minimum absolute atomic E-state index is 0.144. The predicted molar refractivity (Wildman–Crippen MR) is 72.7 cm³/mol. The standard InChI is InChI=1S/C13H22ClNO4/c1-7(2)5-10(17)15-9(6-16)12(18)11(8(3)4)13(14)19/h7-9,11,16H,5-6H2,1-4H3,(H,15,17)/t9-,11?/m1/s1. The van der Waals surface area contributed by atoms with E-state index in [1.54, 1.807) is 13.8 Å². The summed E-state index contributed by atoms with van der Waals surface area (Å²) in [4.78, 5) is 35.0. The van der Waals surface area contributed by atoms with Gasteiger partial charge in [0, 0.05) is 6.42 Å². The van der Waals surface area contributed by atoms with Crippen LogP contribution in [0.2, 0.25) is 0 Å². The van der Waals surface area contributed by atoms with Crippen molar-refractivity contribution in [1.29, 1.82) is 0 Å². The van der Waals surface area contributed by atoms with Crippen molar-refractivity contribution in [2.24, 2.45) is 17.8 Å². The van der Waals surface area contributed by atoms with Crippen LogP contribution in [-0.2, 0) is 14.4 Å². The number of hydrogen-bond acceptors (Lipinski definition) is 4. The van der Waals surface area contributed by atoms with E-state index in [0.717, 1.165) is 0 Å². The first kappa shape index (κ1) is 18.1. The lowest BCUT2D eigenvalue weighted by Gasteiger charge is -2.22. The molecule has 2 N–H and O–H groups in total. The molecule has 0 heterocycles. The molecule has 0 aromatic carbocycles. The number of ketones is 1. The van der Waals surface area contributed by atoms with Crippen LogP contribution < -0.4 is 5.32 Å². The maximum absolute atomic E-state index is 12.1. The number of aliphatic hydroxyl groups excluding tert-OH is 1. The summed E-state index contributed by atoms with van der Waals surface area (Å²) in [5.41, 5.74) is 0. The predicted octanol–water partition coefficient (Wildman–Crippen LogP) is 1.12. The number of hydrogen-bond donors (Lipinski definition) is 2. The molecule has 0 bridgehead atoms. The number of halogens is 1. The molecule has 0 aromatic heterocycles. The Balaban J connectivity index is 4.80. The van der Waals surface area contributed by atoms with Gasteiger partial charge >= 0.3 is 0 Å². The lowest BCUT2D eigenvalue weighted by molar-refractivity contribution is -0.136. The van der Waals surface area contributed by atoms with Gasteiger partial charge in [0.25, 0.3) is 0 Å². The molecule has 0 spiro atoms. The smallest absolute Gasteiger partial charge is 0.232 e. The van der Waals surface area contributed by atoms with Gasteiger partial charge in [-0.2, -0.15) is 0 Å². The van der Waals surface area contributed by atoms with Crippen molar-refractivity contribution in [3.05, 3.63) is 0 Å². The van der Waals surface area contributed by atoms with Gasteiger partial charge in [0.05, 0.1) is 12.5 Å². The molecular formula is C13H22ClNO4. The average Bonchev–Trinajstić information content (AvgIpc) is 2.23.